The zero-order valence-corrected chi connectivity index (χ0v) is 15.3. The standard InChI is InChI=1S/C21H30N2O2/c1-2-25-20-6-4-3-5-19(20)22-9-11-23(12-10-22)21(24)15-18-14-16-7-8-17(18)13-16/h3-6,16-18H,2,7-15H2,1H3. The maximum atomic E-state index is 12.7. The molecule has 2 bridgehead atoms. The molecule has 1 aliphatic heterocycles. The first-order chi connectivity index (χ1) is 12.2. The third-order valence-corrected chi connectivity index (χ3v) is 6.46. The highest BCUT2D eigenvalue weighted by molar-refractivity contribution is 5.77. The van der Waals surface area contributed by atoms with E-state index in [1.165, 1.54) is 25.7 Å². The second kappa shape index (κ2) is 7.27. The highest BCUT2D eigenvalue weighted by atomic mass is 16.5. The Morgan fingerprint density at radius 3 is 2.60 bits per heavy atom. The number of piperazine rings is 1. The molecule has 0 radical (unpaired) electrons. The molecular weight excluding hydrogens is 312 g/mol. The molecule has 1 heterocycles. The molecule has 136 valence electrons. The van der Waals surface area contributed by atoms with E-state index in [1.807, 2.05) is 19.1 Å². The Kier molecular flexibility index (Phi) is 4.87. The van der Waals surface area contributed by atoms with Crippen LogP contribution in [0, 0.1) is 17.8 Å². The van der Waals surface area contributed by atoms with E-state index in [0.717, 1.165) is 55.9 Å². The molecule has 3 fully saturated rings. The van der Waals surface area contributed by atoms with Gasteiger partial charge in [0.15, 0.2) is 0 Å². The fourth-order valence-corrected chi connectivity index (χ4v) is 5.17. The monoisotopic (exact) mass is 342 g/mol. The maximum absolute atomic E-state index is 12.7. The second-order valence-electron chi connectivity index (χ2n) is 7.91. The number of carbonyl (C=O) groups excluding carboxylic acids is 1. The van der Waals surface area contributed by atoms with Crippen LogP contribution in [0.3, 0.4) is 0 Å². The normalized spacial score (nSPS) is 28.4. The quantitative estimate of drug-likeness (QED) is 0.820. The summed E-state index contributed by atoms with van der Waals surface area (Å²) in [6, 6.07) is 8.23. The van der Waals surface area contributed by atoms with Crippen molar-refractivity contribution in [3.8, 4) is 5.75 Å². The Morgan fingerprint density at radius 2 is 1.92 bits per heavy atom. The molecule has 3 unspecified atom stereocenters. The number of anilines is 1. The summed E-state index contributed by atoms with van der Waals surface area (Å²) >= 11 is 0. The van der Waals surface area contributed by atoms with Gasteiger partial charge in [0.05, 0.1) is 12.3 Å². The van der Waals surface area contributed by atoms with Gasteiger partial charge in [0, 0.05) is 32.6 Å². The van der Waals surface area contributed by atoms with Crippen LogP contribution in [0.2, 0.25) is 0 Å². The van der Waals surface area contributed by atoms with Crippen molar-refractivity contribution in [2.75, 3.05) is 37.7 Å². The minimum absolute atomic E-state index is 0.385. The minimum atomic E-state index is 0.385. The number of para-hydroxylation sites is 2. The lowest BCUT2D eigenvalue weighted by Gasteiger charge is -2.37. The number of benzene rings is 1. The molecule has 2 aliphatic carbocycles. The number of hydrogen-bond donors (Lipinski definition) is 0. The fourth-order valence-electron chi connectivity index (χ4n) is 5.17. The summed E-state index contributed by atoms with van der Waals surface area (Å²) in [5.41, 5.74) is 1.16. The predicted octanol–water partition coefficient (Wildman–Crippen LogP) is 3.56. The van der Waals surface area contributed by atoms with Gasteiger partial charge in [-0.1, -0.05) is 18.6 Å². The topological polar surface area (TPSA) is 32.8 Å². The number of hydrogen-bond acceptors (Lipinski definition) is 3. The lowest BCUT2D eigenvalue weighted by molar-refractivity contribution is -0.132. The third kappa shape index (κ3) is 3.49. The SMILES string of the molecule is CCOc1ccccc1N1CCN(C(=O)CC2CC3CCC2C3)CC1. The van der Waals surface area contributed by atoms with Crippen molar-refractivity contribution in [3.63, 3.8) is 0 Å². The first kappa shape index (κ1) is 16.7. The lowest BCUT2D eigenvalue weighted by Crippen LogP contribution is -2.49. The van der Waals surface area contributed by atoms with E-state index in [9.17, 15) is 4.79 Å². The van der Waals surface area contributed by atoms with E-state index >= 15 is 0 Å². The van der Waals surface area contributed by atoms with Gasteiger partial charge >= 0.3 is 0 Å². The number of ether oxygens (including phenoxy) is 1. The zero-order chi connectivity index (χ0) is 17.2. The van der Waals surface area contributed by atoms with Crippen molar-refractivity contribution in [3.05, 3.63) is 24.3 Å². The molecular formula is C21H30N2O2. The Labute approximate surface area is 151 Å². The highest BCUT2D eigenvalue weighted by Gasteiger charge is 2.40. The van der Waals surface area contributed by atoms with Crippen molar-refractivity contribution in [2.45, 2.75) is 39.0 Å². The third-order valence-electron chi connectivity index (χ3n) is 6.46. The van der Waals surface area contributed by atoms with Crippen LogP contribution in [0.5, 0.6) is 5.75 Å². The summed E-state index contributed by atoms with van der Waals surface area (Å²) in [4.78, 5) is 17.2. The summed E-state index contributed by atoms with van der Waals surface area (Å²) in [5.74, 6) is 3.77. The minimum Gasteiger partial charge on any atom is -0.492 e. The van der Waals surface area contributed by atoms with Gasteiger partial charge in [0.25, 0.3) is 0 Å². The van der Waals surface area contributed by atoms with Crippen LogP contribution in [-0.4, -0.2) is 43.6 Å². The Balaban J connectivity index is 1.31. The molecule has 4 rings (SSSR count). The van der Waals surface area contributed by atoms with Crippen LogP contribution in [0.15, 0.2) is 24.3 Å². The Bertz CT molecular complexity index is 610. The largest absolute Gasteiger partial charge is 0.492 e. The highest BCUT2D eigenvalue weighted by Crippen LogP contribution is 2.49. The number of carbonyl (C=O) groups is 1. The molecule has 1 saturated heterocycles. The van der Waals surface area contributed by atoms with Crippen LogP contribution >= 0.6 is 0 Å². The van der Waals surface area contributed by atoms with Crippen molar-refractivity contribution in [1.82, 2.24) is 4.90 Å². The lowest BCUT2D eigenvalue weighted by atomic mass is 9.86. The average Bonchev–Trinajstić information content (AvgIpc) is 3.26. The van der Waals surface area contributed by atoms with Crippen molar-refractivity contribution in [2.24, 2.45) is 17.8 Å². The number of rotatable bonds is 5. The zero-order valence-electron chi connectivity index (χ0n) is 15.3. The molecule has 4 heteroatoms. The van der Waals surface area contributed by atoms with Gasteiger partial charge in [0.1, 0.15) is 5.75 Å². The predicted molar refractivity (Wildman–Crippen MR) is 100.0 cm³/mol. The maximum Gasteiger partial charge on any atom is 0.222 e. The molecule has 3 atom stereocenters. The van der Waals surface area contributed by atoms with Crippen LogP contribution in [0.1, 0.15) is 39.0 Å². The van der Waals surface area contributed by atoms with Gasteiger partial charge in [-0.05, 0) is 56.1 Å². The number of nitrogens with zero attached hydrogens (tertiary/aromatic N) is 2. The van der Waals surface area contributed by atoms with E-state index in [1.54, 1.807) is 0 Å². The smallest absolute Gasteiger partial charge is 0.222 e. The van der Waals surface area contributed by atoms with Gasteiger partial charge in [0.2, 0.25) is 5.91 Å². The molecule has 1 aromatic rings. The Hall–Kier alpha value is -1.71. The first-order valence-corrected chi connectivity index (χ1v) is 9.99. The molecule has 3 aliphatic rings. The van der Waals surface area contributed by atoms with E-state index in [4.69, 9.17) is 4.74 Å². The molecule has 0 aromatic heterocycles. The summed E-state index contributed by atoms with van der Waals surface area (Å²) in [6.45, 7) is 6.15. The van der Waals surface area contributed by atoms with E-state index < -0.39 is 0 Å². The van der Waals surface area contributed by atoms with Gasteiger partial charge in [-0.25, -0.2) is 0 Å². The first-order valence-electron chi connectivity index (χ1n) is 9.99. The number of fused-ring (bicyclic) bond motifs is 2. The summed E-state index contributed by atoms with van der Waals surface area (Å²) in [7, 11) is 0. The second-order valence-corrected chi connectivity index (χ2v) is 7.91. The molecule has 0 spiro atoms. The number of amides is 1. The van der Waals surface area contributed by atoms with Gasteiger partial charge < -0.3 is 14.5 Å². The van der Waals surface area contributed by atoms with Crippen molar-refractivity contribution < 1.29 is 9.53 Å². The summed E-state index contributed by atoms with van der Waals surface area (Å²) < 4.78 is 5.76. The van der Waals surface area contributed by atoms with Gasteiger partial charge in [-0.15, -0.1) is 0 Å². The van der Waals surface area contributed by atoms with Crippen molar-refractivity contribution in [1.29, 1.82) is 0 Å². The van der Waals surface area contributed by atoms with Gasteiger partial charge in [-0.3, -0.25) is 4.79 Å². The van der Waals surface area contributed by atoms with Gasteiger partial charge in [-0.2, -0.15) is 0 Å². The molecule has 0 N–H and O–H groups in total. The van der Waals surface area contributed by atoms with E-state index in [0.29, 0.717) is 18.4 Å². The van der Waals surface area contributed by atoms with Crippen LogP contribution < -0.4 is 9.64 Å². The van der Waals surface area contributed by atoms with E-state index in [2.05, 4.69) is 21.9 Å². The molecule has 25 heavy (non-hydrogen) atoms. The average molecular weight is 342 g/mol. The van der Waals surface area contributed by atoms with Crippen LogP contribution in [0.4, 0.5) is 5.69 Å². The molecule has 4 nitrogen and oxygen atoms in total. The molecule has 2 saturated carbocycles. The van der Waals surface area contributed by atoms with E-state index in [-0.39, 0.29) is 0 Å². The summed E-state index contributed by atoms with van der Waals surface area (Å²) in [6.07, 6.45) is 6.26. The van der Waals surface area contributed by atoms with Crippen molar-refractivity contribution >= 4 is 11.6 Å². The Morgan fingerprint density at radius 1 is 1.12 bits per heavy atom. The van der Waals surface area contributed by atoms with Crippen LogP contribution in [0.25, 0.3) is 0 Å². The fraction of sp³-hybridized carbons (Fsp3) is 0.667. The molecule has 1 amide bonds. The van der Waals surface area contributed by atoms with Crippen LogP contribution in [-0.2, 0) is 4.79 Å². The summed E-state index contributed by atoms with van der Waals surface area (Å²) in [5, 5.41) is 0. The molecule has 1 aromatic carbocycles.